The lowest BCUT2D eigenvalue weighted by Gasteiger charge is -2.20. The van der Waals surface area contributed by atoms with E-state index in [1.54, 1.807) is 0 Å². The molecule has 0 aromatic carbocycles. The SMILES string of the molecule is CCOCC(C)Oc1nc2c(cc1C(N)=NO)CCCC2. The van der Waals surface area contributed by atoms with Crippen LogP contribution in [0.5, 0.6) is 5.88 Å². The fourth-order valence-electron chi connectivity index (χ4n) is 2.45. The summed E-state index contributed by atoms with van der Waals surface area (Å²) in [4.78, 5) is 4.58. The molecule has 21 heavy (non-hydrogen) atoms. The quantitative estimate of drug-likeness (QED) is 0.361. The number of aryl methyl sites for hydroxylation is 2. The number of hydrogen-bond donors (Lipinski definition) is 2. The van der Waals surface area contributed by atoms with Gasteiger partial charge >= 0.3 is 0 Å². The van der Waals surface area contributed by atoms with Crippen molar-refractivity contribution in [3.05, 3.63) is 22.9 Å². The molecule has 6 nitrogen and oxygen atoms in total. The van der Waals surface area contributed by atoms with Gasteiger partial charge < -0.3 is 20.4 Å². The molecule has 0 saturated heterocycles. The molecule has 0 aliphatic heterocycles. The lowest BCUT2D eigenvalue weighted by molar-refractivity contribution is 0.0631. The van der Waals surface area contributed by atoms with Crippen LogP contribution in [0.15, 0.2) is 11.2 Å². The Bertz CT molecular complexity index is 517. The highest BCUT2D eigenvalue weighted by Gasteiger charge is 2.19. The zero-order valence-corrected chi connectivity index (χ0v) is 12.6. The van der Waals surface area contributed by atoms with Gasteiger partial charge in [-0.1, -0.05) is 5.16 Å². The number of nitrogens with zero attached hydrogens (tertiary/aromatic N) is 2. The number of amidine groups is 1. The molecule has 1 aromatic rings. The van der Waals surface area contributed by atoms with Gasteiger partial charge in [-0.05, 0) is 51.2 Å². The van der Waals surface area contributed by atoms with Crippen molar-refractivity contribution in [1.82, 2.24) is 4.98 Å². The third kappa shape index (κ3) is 3.85. The van der Waals surface area contributed by atoms with Crippen molar-refractivity contribution >= 4 is 5.84 Å². The standard InChI is InChI=1S/C15H23N3O3/c1-3-20-9-10(2)21-15-12(14(16)18-19)8-11-6-4-5-7-13(11)17-15/h8,10,19H,3-7,9H2,1-2H3,(H2,16,18). The van der Waals surface area contributed by atoms with Gasteiger partial charge in [-0.2, -0.15) is 0 Å². The lowest BCUT2D eigenvalue weighted by Crippen LogP contribution is -2.24. The Kier molecular flexibility index (Phi) is 5.38. The number of pyridine rings is 1. The van der Waals surface area contributed by atoms with Crippen LogP contribution in [0.4, 0.5) is 0 Å². The summed E-state index contributed by atoms with van der Waals surface area (Å²) in [6.07, 6.45) is 4.05. The molecule has 1 atom stereocenters. The minimum Gasteiger partial charge on any atom is -0.472 e. The summed E-state index contributed by atoms with van der Waals surface area (Å²) in [7, 11) is 0. The minimum atomic E-state index is -0.149. The normalized spacial score (nSPS) is 16.4. The Labute approximate surface area is 125 Å². The highest BCUT2D eigenvalue weighted by Crippen LogP contribution is 2.26. The summed E-state index contributed by atoms with van der Waals surface area (Å²) in [5.74, 6) is 0.438. The smallest absolute Gasteiger partial charge is 0.225 e. The van der Waals surface area contributed by atoms with Crippen LogP contribution in [0.3, 0.4) is 0 Å². The van der Waals surface area contributed by atoms with Crippen LogP contribution in [-0.2, 0) is 17.6 Å². The topological polar surface area (TPSA) is 90.0 Å². The van der Waals surface area contributed by atoms with Crippen molar-refractivity contribution in [3.63, 3.8) is 0 Å². The lowest BCUT2D eigenvalue weighted by atomic mass is 9.95. The van der Waals surface area contributed by atoms with E-state index in [0.717, 1.165) is 36.9 Å². The van der Waals surface area contributed by atoms with Gasteiger partial charge in [-0.15, -0.1) is 0 Å². The average Bonchev–Trinajstić information content (AvgIpc) is 2.51. The molecule has 2 rings (SSSR count). The average molecular weight is 293 g/mol. The first-order valence-electron chi connectivity index (χ1n) is 7.40. The molecular weight excluding hydrogens is 270 g/mol. The first kappa shape index (κ1) is 15.6. The zero-order valence-electron chi connectivity index (χ0n) is 12.6. The Balaban J connectivity index is 2.28. The second-order valence-electron chi connectivity index (χ2n) is 5.23. The number of rotatable bonds is 6. The van der Waals surface area contributed by atoms with E-state index in [4.69, 9.17) is 20.4 Å². The minimum absolute atomic E-state index is 0.0227. The summed E-state index contributed by atoms with van der Waals surface area (Å²) in [6.45, 7) is 4.96. The van der Waals surface area contributed by atoms with Crippen molar-refractivity contribution in [3.8, 4) is 5.88 Å². The maximum Gasteiger partial charge on any atom is 0.225 e. The monoisotopic (exact) mass is 293 g/mol. The van der Waals surface area contributed by atoms with E-state index in [0.29, 0.717) is 24.7 Å². The maximum absolute atomic E-state index is 8.95. The van der Waals surface area contributed by atoms with Crippen molar-refractivity contribution in [2.75, 3.05) is 13.2 Å². The van der Waals surface area contributed by atoms with E-state index >= 15 is 0 Å². The number of nitrogens with two attached hydrogens (primary N) is 1. The maximum atomic E-state index is 8.95. The molecule has 0 spiro atoms. The van der Waals surface area contributed by atoms with E-state index < -0.39 is 0 Å². The third-order valence-corrected chi connectivity index (χ3v) is 3.52. The molecule has 1 aliphatic rings. The van der Waals surface area contributed by atoms with E-state index in [1.807, 2.05) is 19.9 Å². The Hall–Kier alpha value is -1.82. The summed E-state index contributed by atoms with van der Waals surface area (Å²) in [5.41, 5.74) is 8.51. The molecule has 0 fully saturated rings. The van der Waals surface area contributed by atoms with Crippen LogP contribution in [0, 0.1) is 0 Å². The van der Waals surface area contributed by atoms with Crippen molar-refractivity contribution < 1.29 is 14.7 Å². The molecule has 116 valence electrons. The van der Waals surface area contributed by atoms with Gasteiger partial charge in [-0.3, -0.25) is 0 Å². The van der Waals surface area contributed by atoms with Crippen molar-refractivity contribution in [2.45, 2.75) is 45.6 Å². The van der Waals surface area contributed by atoms with Gasteiger partial charge in [-0.25, -0.2) is 4.98 Å². The molecule has 3 N–H and O–H groups in total. The first-order valence-corrected chi connectivity index (χ1v) is 7.40. The largest absolute Gasteiger partial charge is 0.472 e. The molecule has 1 unspecified atom stereocenters. The Morgan fingerprint density at radius 2 is 2.24 bits per heavy atom. The second-order valence-corrected chi connectivity index (χ2v) is 5.23. The van der Waals surface area contributed by atoms with Gasteiger partial charge in [0.25, 0.3) is 0 Å². The number of aromatic nitrogens is 1. The summed E-state index contributed by atoms with van der Waals surface area (Å²) in [6, 6.07) is 1.93. The van der Waals surface area contributed by atoms with Crippen LogP contribution in [-0.4, -0.2) is 35.3 Å². The highest BCUT2D eigenvalue weighted by atomic mass is 16.5. The summed E-state index contributed by atoms with van der Waals surface area (Å²) < 4.78 is 11.2. The first-order chi connectivity index (χ1) is 10.2. The van der Waals surface area contributed by atoms with E-state index in [9.17, 15) is 0 Å². The fourth-order valence-corrected chi connectivity index (χ4v) is 2.45. The molecule has 1 aliphatic carbocycles. The van der Waals surface area contributed by atoms with Crippen LogP contribution in [0.25, 0.3) is 0 Å². The molecule has 1 aromatic heterocycles. The zero-order chi connectivity index (χ0) is 15.2. The predicted octanol–water partition coefficient (Wildman–Crippen LogP) is 1.86. The Morgan fingerprint density at radius 1 is 1.48 bits per heavy atom. The van der Waals surface area contributed by atoms with Crippen molar-refractivity contribution in [2.24, 2.45) is 10.9 Å². The van der Waals surface area contributed by atoms with E-state index in [1.165, 1.54) is 0 Å². The fraction of sp³-hybridized carbons (Fsp3) is 0.600. The van der Waals surface area contributed by atoms with Gasteiger partial charge in [0.05, 0.1) is 12.2 Å². The van der Waals surface area contributed by atoms with Gasteiger partial charge in [0, 0.05) is 12.3 Å². The Morgan fingerprint density at radius 3 is 2.95 bits per heavy atom. The number of hydrogen-bond acceptors (Lipinski definition) is 5. The summed E-state index contributed by atoms with van der Waals surface area (Å²) >= 11 is 0. The number of fused-ring (bicyclic) bond motifs is 1. The third-order valence-electron chi connectivity index (χ3n) is 3.52. The molecule has 1 heterocycles. The molecule has 0 bridgehead atoms. The van der Waals surface area contributed by atoms with Crippen LogP contribution in [0.2, 0.25) is 0 Å². The summed E-state index contributed by atoms with van der Waals surface area (Å²) in [5, 5.41) is 12.0. The predicted molar refractivity (Wildman–Crippen MR) is 80.0 cm³/mol. The van der Waals surface area contributed by atoms with Crippen molar-refractivity contribution in [1.29, 1.82) is 0 Å². The molecule has 0 radical (unpaired) electrons. The molecule has 0 saturated carbocycles. The van der Waals surface area contributed by atoms with E-state index in [-0.39, 0.29) is 11.9 Å². The second kappa shape index (κ2) is 7.26. The van der Waals surface area contributed by atoms with Gasteiger partial charge in [0.15, 0.2) is 5.84 Å². The highest BCUT2D eigenvalue weighted by molar-refractivity contribution is 5.99. The van der Waals surface area contributed by atoms with Crippen LogP contribution in [0.1, 0.15) is 43.5 Å². The molecular formula is C15H23N3O3. The van der Waals surface area contributed by atoms with Gasteiger partial charge in [0.2, 0.25) is 5.88 Å². The van der Waals surface area contributed by atoms with Crippen LogP contribution < -0.4 is 10.5 Å². The van der Waals surface area contributed by atoms with Gasteiger partial charge in [0.1, 0.15) is 6.10 Å². The van der Waals surface area contributed by atoms with Crippen LogP contribution >= 0.6 is 0 Å². The number of ether oxygens (including phenoxy) is 2. The van der Waals surface area contributed by atoms with E-state index in [2.05, 4.69) is 10.1 Å². The number of oxime groups is 1. The molecule has 0 amide bonds. The molecule has 6 heteroatoms.